The number of nitrogens with zero attached hydrogens (tertiary/aromatic N) is 2. The normalized spacial score (nSPS) is 12.1. The largest absolute Gasteiger partial charge is 0.295 e. The van der Waals surface area contributed by atoms with E-state index in [1.807, 2.05) is 18.2 Å². The first-order valence-electron chi connectivity index (χ1n) is 9.38. The molecule has 2 heteroatoms. The Balaban J connectivity index is 2.11. The second-order valence-electron chi connectivity index (χ2n) is 6.77. The lowest BCUT2D eigenvalue weighted by atomic mass is 10.1. The summed E-state index contributed by atoms with van der Waals surface area (Å²) in [7, 11) is 0. The van der Waals surface area contributed by atoms with Crippen molar-refractivity contribution in [2.75, 3.05) is 0 Å². The number of aromatic nitrogens is 2. The van der Waals surface area contributed by atoms with Crippen molar-refractivity contribution in [3.8, 4) is 5.69 Å². The molecule has 3 aromatic carbocycles. The van der Waals surface area contributed by atoms with Gasteiger partial charge in [-0.05, 0) is 36.4 Å². The summed E-state index contributed by atoms with van der Waals surface area (Å²) in [5.41, 5.74) is 5.64. The Hall–Kier alpha value is -3.78. The maximum Gasteiger partial charge on any atom is 0.131 e. The second kappa shape index (κ2) is 6.43. The van der Waals surface area contributed by atoms with Crippen molar-refractivity contribution in [2.24, 2.45) is 0 Å². The van der Waals surface area contributed by atoms with Crippen LogP contribution < -0.4 is 0 Å². The summed E-state index contributed by atoms with van der Waals surface area (Å²) in [5, 5.41) is 3.74. The maximum atomic E-state index is 4.06. The summed E-state index contributed by atoms with van der Waals surface area (Å²) in [4.78, 5) is 0. The number of hydrogen-bond donors (Lipinski definition) is 0. The standard InChI is InChI=1S/C26H20N2/c1-3-12-19(4-2)27-23-17-10-8-15-21(23)25-22-16-9-11-18-24(22)28(26(25)27)20-13-6-5-7-14-20/h3-18H,1-2H2/b19-12+. The Bertz CT molecular complexity index is 1380. The van der Waals surface area contributed by atoms with Gasteiger partial charge in [0.05, 0.1) is 11.0 Å². The SMILES string of the molecule is C=C/C=C(\C=C)n1c2ccccc2c2c3ccccc3n(-c3ccccc3)c21. The molecule has 0 saturated carbocycles. The van der Waals surface area contributed by atoms with Crippen LogP contribution in [0.3, 0.4) is 0 Å². The third-order valence-corrected chi connectivity index (χ3v) is 5.25. The molecule has 0 aliphatic carbocycles. The average molecular weight is 360 g/mol. The van der Waals surface area contributed by atoms with Crippen LogP contribution in [-0.4, -0.2) is 9.13 Å². The molecule has 0 saturated heterocycles. The van der Waals surface area contributed by atoms with E-state index in [2.05, 4.69) is 101 Å². The fourth-order valence-electron chi connectivity index (χ4n) is 4.15. The van der Waals surface area contributed by atoms with E-state index in [9.17, 15) is 0 Å². The van der Waals surface area contributed by atoms with Crippen molar-refractivity contribution >= 4 is 38.5 Å². The average Bonchev–Trinajstić information content (AvgIpc) is 3.25. The highest BCUT2D eigenvalue weighted by Crippen LogP contribution is 2.40. The molecule has 0 bridgehead atoms. The molecule has 0 unspecified atom stereocenters. The minimum absolute atomic E-state index is 1.00. The fourth-order valence-corrected chi connectivity index (χ4v) is 4.15. The van der Waals surface area contributed by atoms with Gasteiger partial charge in [-0.3, -0.25) is 9.13 Å². The van der Waals surface area contributed by atoms with Crippen LogP contribution in [0.25, 0.3) is 44.2 Å². The molecular weight excluding hydrogens is 340 g/mol. The zero-order chi connectivity index (χ0) is 19.1. The lowest BCUT2D eigenvalue weighted by Crippen LogP contribution is -2.01. The summed E-state index contributed by atoms with van der Waals surface area (Å²) in [6.45, 7) is 7.96. The van der Waals surface area contributed by atoms with Crippen LogP contribution in [0, 0.1) is 0 Å². The van der Waals surface area contributed by atoms with E-state index in [1.165, 1.54) is 21.7 Å². The molecule has 134 valence electrons. The van der Waals surface area contributed by atoms with Crippen molar-refractivity contribution in [2.45, 2.75) is 0 Å². The molecule has 0 spiro atoms. The molecule has 28 heavy (non-hydrogen) atoms. The van der Waals surface area contributed by atoms with Gasteiger partial charge in [0.25, 0.3) is 0 Å². The highest BCUT2D eigenvalue weighted by atomic mass is 15.1. The van der Waals surface area contributed by atoms with E-state index in [0.29, 0.717) is 0 Å². The molecule has 2 nitrogen and oxygen atoms in total. The van der Waals surface area contributed by atoms with Crippen LogP contribution in [0.5, 0.6) is 0 Å². The van der Waals surface area contributed by atoms with Gasteiger partial charge in [0, 0.05) is 27.5 Å². The number of allylic oxidation sites excluding steroid dienone is 4. The van der Waals surface area contributed by atoms with E-state index in [-0.39, 0.29) is 0 Å². The number of hydrogen-bond acceptors (Lipinski definition) is 0. The predicted molar refractivity (Wildman–Crippen MR) is 121 cm³/mol. The smallest absolute Gasteiger partial charge is 0.131 e. The van der Waals surface area contributed by atoms with Gasteiger partial charge in [-0.1, -0.05) is 73.8 Å². The highest BCUT2D eigenvalue weighted by molar-refractivity contribution is 6.23. The van der Waals surface area contributed by atoms with Crippen LogP contribution in [0.1, 0.15) is 0 Å². The molecule has 5 aromatic rings. The Kier molecular flexibility index (Phi) is 3.77. The van der Waals surface area contributed by atoms with Crippen molar-refractivity contribution in [1.82, 2.24) is 9.13 Å². The molecule has 0 atom stereocenters. The quantitative estimate of drug-likeness (QED) is 0.307. The molecule has 0 amide bonds. The van der Waals surface area contributed by atoms with E-state index in [1.54, 1.807) is 0 Å². The molecule has 0 aliphatic rings. The third-order valence-electron chi connectivity index (χ3n) is 5.25. The first-order valence-corrected chi connectivity index (χ1v) is 9.38. The van der Waals surface area contributed by atoms with Gasteiger partial charge in [-0.2, -0.15) is 0 Å². The molecule has 0 radical (unpaired) electrons. The van der Waals surface area contributed by atoms with Gasteiger partial charge in [0.15, 0.2) is 0 Å². The van der Waals surface area contributed by atoms with E-state index < -0.39 is 0 Å². The van der Waals surface area contributed by atoms with Crippen LogP contribution in [0.2, 0.25) is 0 Å². The third kappa shape index (κ3) is 2.21. The first kappa shape index (κ1) is 16.4. The topological polar surface area (TPSA) is 9.86 Å². The lowest BCUT2D eigenvalue weighted by Gasteiger charge is -2.13. The van der Waals surface area contributed by atoms with Crippen LogP contribution in [0.15, 0.2) is 110 Å². The zero-order valence-corrected chi connectivity index (χ0v) is 15.5. The van der Waals surface area contributed by atoms with Crippen molar-refractivity contribution in [3.63, 3.8) is 0 Å². The zero-order valence-electron chi connectivity index (χ0n) is 15.5. The molecular formula is C26H20N2. The van der Waals surface area contributed by atoms with Crippen LogP contribution >= 0.6 is 0 Å². The summed E-state index contributed by atoms with van der Waals surface area (Å²) >= 11 is 0. The van der Waals surface area contributed by atoms with Crippen molar-refractivity contribution in [1.29, 1.82) is 0 Å². The second-order valence-corrected chi connectivity index (χ2v) is 6.77. The predicted octanol–water partition coefficient (Wildman–Crippen LogP) is 6.95. The first-order chi connectivity index (χ1) is 13.8. The summed E-state index contributed by atoms with van der Waals surface area (Å²) in [5.74, 6) is 0. The van der Waals surface area contributed by atoms with Gasteiger partial charge in [-0.25, -0.2) is 0 Å². The maximum absolute atomic E-state index is 4.06. The van der Waals surface area contributed by atoms with Gasteiger partial charge in [0.1, 0.15) is 5.65 Å². The van der Waals surface area contributed by atoms with E-state index in [4.69, 9.17) is 0 Å². The number of para-hydroxylation sites is 3. The minimum atomic E-state index is 1.00. The van der Waals surface area contributed by atoms with Crippen LogP contribution in [0.4, 0.5) is 0 Å². The Morgan fingerprint density at radius 3 is 2.00 bits per heavy atom. The van der Waals surface area contributed by atoms with Gasteiger partial charge in [-0.15, -0.1) is 0 Å². The lowest BCUT2D eigenvalue weighted by molar-refractivity contribution is 1.09. The monoisotopic (exact) mass is 360 g/mol. The van der Waals surface area contributed by atoms with Crippen molar-refractivity contribution in [3.05, 3.63) is 110 Å². The Morgan fingerprint density at radius 1 is 0.714 bits per heavy atom. The number of benzene rings is 3. The van der Waals surface area contributed by atoms with Crippen molar-refractivity contribution < 1.29 is 0 Å². The van der Waals surface area contributed by atoms with E-state index >= 15 is 0 Å². The van der Waals surface area contributed by atoms with Gasteiger partial charge < -0.3 is 0 Å². The summed E-state index contributed by atoms with van der Waals surface area (Å²) in [6.07, 6.45) is 5.71. The molecule has 2 heterocycles. The minimum Gasteiger partial charge on any atom is -0.295 e. The molecule has 0 fully saturated rings. The van der Waals surface area contributed by atoms with Gasteiger partial charge >= 0.3 is 0 Å². The Labute approximate surface area is 163 Å². The summed E-state index contributed by atoms with van der Waals surface area (Å²) in [6, 6.07) is 27.7. The van der Waals surface area contributed by atoms with E-state index in [0.717, 1.165) is 22.5 Å². The van der Waals surface area contributed by atoms with Crippen LogP contribution in [-0.2, 0) is 0 Å². The highest BCUT2D eigenvalue weighted by Gasteiger charge is 2.21. The van der Waals surface area contributed by atoms with Gasteiger partial charge in [0.2, 0.25) is 0 Å². The number of fused-ring (bicyclic) bond motifs is 5. The number of rotatable bonds is 4. The molecule has 5 rings (SSSR count). The fraction of sp³-hybridized carbons (Fsp3) is 0. The molecule has 0 N–H and O–H groups in total. The summed E-state index contributed by atoms with van der Waals surface area (Å²) < 4.78 is 4.62. The molecule has 0 aliphatic heterocycles. The Morgan fingerprint density at radius 2 is 1.32 bits per heavy atom. The molecule has 2 aromatic heterocycles.